The van der Waals surface area contributed by atoms with Gasteiger partial charge in [0.2, 0.25) is 0 Å². The smallest absolute Gasteiger partial charge is 0.115 e. The van der Waals surface area contributed by atoms with E-state index in [4.69, 9.17) is 11.6 Å². The van der Waals surface area contributed by atoms with Gasteiger partial charge in [0, 0.05) is 29.0 Å². The molecule has 0 fully saturated rings. The fourth-order valence-electron chi connectivity index (χ4n) is 3.00. The second-order valence-electron chi connectivity index (χ2n) is 6.61. The molecule has 1 N–H and O–H groups in total. The molecule has 0 amide bonds. The van der Waals surface area contributed by atoms with Gasteiger partial charge in [0.15, 0.2) is 0 Å². The molecular formula is C22H24ClN3. The standard InChI is InChI=1S/C22H24ClN3/c1-17(26-12-2-3-18-6-10-22(23)11-7-18)13-19-4-8-20(9-5-19)21-14-24-16-25-15-21/h4-11,14-17,26H,2-3,12-13H2,1H3. The average molecular weight is 366 g/mol. The Bertz CT molecular complexity index is 786. The second-order valence-corrected chi connectivity index (χ2v) is 7.05. The number of nitrogens with zero attached hydrogens (tertiary/aromatic N) is 2. The van der Waals surface area contributed by atoms with Gasteiger partial charge in [-0.3, -0.25) is 0 Å². The maximum absolute atomic E-state index is 5.92. The number of rotatable bonds is 8. The minimum absolute atomic E-state index is 0.450. The van der Waals surface area contributed by atoms with Gasteiger partial charge in [0.05, 0.1) is 0 Å². The fraction of sp³-hybridized carbons (Fsp3) is 0.273. The van der Waals surface area contributed by atoms with Crippen LogP contribution < -0.4 is 5.32 Å². The third kappa shape index (κ3) is 5.65. The minimum atomic E-state index is 0.450. The van der Waals surface area contributed by atoms with Gasteiger partial charge in [-0.15, -0.1) is 0 Å². The molecule has 26 heavy (non-hydrogen) atoms. The predicted octanol–water partition coefficient (Wildman–Crippen LogP) is 4.95. The lowest BCUT2D eigenvalue weighted by molar-refractivity contribution is 0.534. The Kier molecular flexibility index (Phi) is 6.75. The summed E-state index contributed by atoms with van der Waals surface area (Å²) in [7, 11) is 0. The van der Waals surface area contributed by atoms with Crippen LogP contribution in [0.4, 0.5) is 0 Å². The number of hydrogen-bond acceptors (Lipinski definition) is 3. The Hall–Kier alpha value is -2.23. The molecule has 0 radical (unpaired) electrons. The maximum Gasteiger partial charge on any atom is 0.115 e. The van der Waals surface area contributed by atoms with Crippen LogP contribution in [-0.4, -0.2) is 22.6 Å². The van der Waals surface area contributed by atoms with E-state index in [0.29, 0.717) is 6.04 Å². The molecule has 1 heterocycles. The first-order chi connectivity index (χ1) is 12.7. The summed E-state index contributed by atoms with van der Waals surface area (Å²) in [6.45, 7) is 3.25. The van der Waals surface area contributed by atoms with Crippen LogP contribution in [0.25, 0.3) is 11.1 Å². The summed E-state index contributed by atoms with van der Waals surface area (Å²) in [5.41, 5.74) is 4.87. The predicted molar refractivity (Wildman–Crippen MR) is 108 cm³/mol. The van der Waals surface area contributed by atoms with Crippen molar-refractivity contribution < 1.29 is 0 Å². The molecule has 1 unspecified atom stereocenters. The van der Waals surface area contributed by atoms with E-state index in [1.54, 1.807) is 6.33 Å². The number of aryl methyl sites for hydroxylation is 1. The van der Waals surface area contributed by atoms with E-state index in [0.717, 1.165) is 42.0 Å². The molecule has 3 rings (SSSR count). The van der Waals surface area contributed by atoms with E-state index in [1.165, 1.54) is 11.1 Å². The Balaban J connectivity index is 1.41. The number of hydrogen-bond donors (Lipinski definition) is 1. The molecule has 0 aliphatic heterocycles. The highest BCUT2D eigenvalue weighted by atomic mass is 35.5. The zero-order chi connectivity index (χ0) is 18.2. The van der Waals surface area contributed by atoms with Crippen molar-refractivity contribution in [3.05, 3.63) is 83.4 Å². The summed E-state index contributed by atoms with van der Waals surface area (Å²) in [4.78, 5) is 8.14. The molecule has 2 aromatic carbocycles. The van der Waals surface area contributed by atoms with Crippen molar-refractivity contribution in [2.45, 2.75) is 32.2 Å². The summed E-state index contributed by atoms with van der Waals surface area (Å²) >= 11 is 5.92. The zero-order valence-corrected chi connectivity index (χ0v) is 15.8. The van der Waals surface area contributed by atoms with Gasteiger partial charge in [-0.25, -0.2) is 9.97 Å². The van der Waals surface area contributed by atoms with Gasteiger partial charge < -0.3 is 5.32 Å². The first-order valence-corrected chi connectivity index (χ1v) is 9.40. The molecule has 0 aliphatic carbocycles. The molecular weight excluding hydrogens is 342 g/mol. The Labute approximate surface area is 160 Å². The van der Waals surface area contributed by atoms with Crippen molar-refractivity contribution in [3.63, 3.8) is 0 Å². The third-order valence-electron chi connectivity index (χ3n) is 4.44. The zero-order valence-electron chi connectivity index (χ0n) is 15.0. The fourth-order valence-corrected chi connectivity index (χ4v) is 3.13. The summed E-state index contributed by atoms with van der Waals surface area (Å²) in [6, 6.07) is 17.2. The molecule has 0 bridgehead atoms. The summed E-state index contributed by atoms with van der Waals surface area (Å²) in [5, 5.41) is 4.41. The highest BCUT2D eigenvalue weighted by Crippen LogP contribution is 2.18. The summed E-state index contributed by atoms with van der Waals surface area (Å²) in [6.07, 6.45) is 8.45. The van der Waals surface area contributed by atoms with Crippen LogP contribution in [0, 0.1) is 0 Å². The van der Waals surface area contributed by atoms with Crippen LogP contribution in [0.5, 0.6) is 0 Å². The van der Waals surface area contributed by atoms with Crippen molar-refractivity contribution in [2.75, 3.05) is 6.54 Å². The molecule has 0 saturated heterocycles. The Morgan fingerprint density at radius 3 is 2.23 bits per heavy atom. The minimum Gasteiger partial charge on any atom is -0.314 e. The Morgan fingerprint density at radius 1 is 0.885 bits per heavy atom. The quantitative estimate of drug-likeness (QED) is 0.574. The second kappa shape index (κ2) is 9.46. The van der Waals surface area contributed by atoms with Gasteiger partial charge >= 0.3 is 0 Å². The molecule has 0 saturated carbocycles. The average Bonchev–Trinajstić information content (AvgIpc) is 2.68. The van der Waals surface area contributed by atoms with Crippen LogP contribution in [0.1, 0.15) is 24.5 Å². The molecule has 1 atom stereocenters. The number of aromatic nitrogens is 2. The van der Waals surface area contributed by atoms with Gasteiger partial charge in [-0.1, -0.05) is 48.0 Å². The molecule has 0 aliphatic rings. The van der Waals surface area contributed by atoms with Crippen LogP contribution in [0.15, 0.2) is 67.3 Å². The topological polar surface area (TPSA) is 37.8 Å². The van der Waals surface area contributed by atoms with E-state index >= 15 is 0 Å². The van der Waals surface area contributed by atoms with E-state index in [2.05, 4.69) is 58.6 Å². The van der Waals surface area contributed by atoms with Crippen molar-refractivity contribution in [3.8, 4) is 11.1 Å². The van der Waals surface area contributed by atoms with E-state index in [9.17, 15) is 0 Å². The van der Waals surface area contributed by atoms with Gasteiger partial charge in [-0.2, -0.15) is 0 Å². The summed E-state index contributed by atoms with van der Waals surface area (Å²) in [5.74, 6) is 0. The van der Waals surface area contributed by atoms with Crippen molar-refractivity contribution in [1.29, 1.82) is 0 Å². The highest BCUT2D eigenvalue weighted by Gasteiger charge is 2.04. The normalized spacial score (nSPS) is 12.1. The largest absolute Gasteiger partial charge is 0.314 e. The van der Waals surface area contributed by atoms with Gasteiger partial charge in [0.1, 0.15) is 6.33 Å². The lowest BCUT2D eigenvalue weighted by Gasteiger charge is -2.14. The molecule has 0 spiro atoms. The van der Waals surface area contributed by atoms with Gasteiger partial charge in [-0.05, 0) is 61.6 Å². The van der Waals surface area contributed by atoms with Crippen LogP contribution in [0.2, 0.25) is 5.02 Å². The van der Waals surface area contributed by atoms with E-state index in [1.807, 2.05) is 24.5 Å². The maximum atomic E-state index is 5.92. The van der Waals surface area contributed by atoms with Crippen molar-refractivity contribution in [2.24, 2.45) is 0 Å². The SMILES string of the molecule is CC(Cc1ccc(-c2cncnc2)cc1)NCCCc1ccc(Cl)cc1. The summed E-state index contributed by atoms with van der Waals surface area (Å²) < 4.78 is 0. The highest BCUT2D eigenvalue weighted by molar-refractivity contribution is 6.30. The number of nitrogens with one attached hydrogen (secondary N) is 1. The molecule has 1 aromatic heterocycles. The van der Waals surface area contributed by atoms with Crippen molar-refractivity contribution in [1.82, 2.24) is 15.3 Å². The Morgan fingerprint density at radius 2 is 1.54 bits per heavy atom. The molecule has 3 nitrogen and oxygen atoms in total. The van der Waals surface area contributed by atoms with Crippen molar-refractivity contribution >= 4 is 11.6 Å². The van der Waals surface area contributed by atoms with E-state index < -0.39 is 0 Å². The molecule has 3 aromatic rings. The number of benzene rings is 2. The first kappa shape index (κ1) is 18.6. The molecule has 134 valence electrons. The van der Waals surface area contributed by atoms with E-state index in [-0.39, 0.29) is 0 Å². The van der Waals surface area contributed by atoms with Crippen LogP contribution in [-0.2, 0) is 12.8 Å². The monoisotopic (exact) mass is 365 g/mol. The third-order valence-corrected chi connectivity index (χ3v) is 4.69. The first-order valence-electron chi connectivity index (χ1n) is 9.03. The number of halogens is 1. The lowest BCUT2D eigenvalue weighted by Crippen LogP contribution is -2.29. The lowest BCUT2D eigenvalue weighted by atomic mass is 10.0. The van der Waals surface area contributed by atoms with Gasteiger partial charge in [0.25, 0.3) is 0 Å². The molecule has 4 heteroatoms. The van der Waals surface area contributed by atoms with Crippen LogP contribution >= 0.6 is 11.6 Å². The van der Waals surface area contributed by atoms with Crippen LogP contribution in [0.3, 0.4) is 0 Å².